The van der Waals surface area contributed by atoms with Crippen molar-refractivity contribution in [2.24, 2.45) is 0 Å². The van der Waals surface area contributed by atoms with Gasteiger partial charge in [0.25, 0.3) is 0 Å². The summed E-state index contributed by atoms with van der Waals surface area (Å²) in [5, 5.41) is 13.5. The molecule has 0 aliphatic rings. The predicted molar refractivity (Wildman–Crippen MR) is 61.2 cm³/mol. The molecule has 0 spiro atoms. The molecule has 1 atom stereocenters. The Kier molecular flexibility index (Phi) is 8.32. The number of carbonyl (C=O) groups is 3. The number of hydrogen-bond acceptors (Lipinski definition) is 4. The summed E-state index contributed by atoms with van der Waals surface area (Å²) in [4.78, 5) is 31.8. The number of carboxylic acids is 1. The maximum Gasteiger partial charge on any atom is 0.327 e. The van der Waals surface area contributed by atoms with Crippen LogP contribution in [0.1, 0.15) is 13.3 Å². The van der Waals surface area contributed by atoms with Gasteiger partial charge in [-0.2, -0.15) is 0 Å². The number of aliphatic carboxylic acids is 1. The molecule has 0 radical (unpaired) electrons. The third-order valence-electron chi connectivity index (χ3n) is 1.66. The van der Waals surface area contributed by atoms with Crippen molar-refractivity contribution in [3.05, 3.63) is 0 Å². The zero-order valence-electron chi connectivity index (χ0n) is 9.06. The van der Waals surface area contributed by atoms with Gasteiger partial charge in [0.15, 0.2) is 0 Å². The van der Waals surface area contributed by atoms with Crippen molar-refractivity contribution in [3.8, 4) is 0 Å². The van der Waals surface area contributed by atoms with E-state index >= 15 is 0 Å². The molecule has 0 fully saturated rings. The first kappa shape index (κ1) is 14.8. The Morgan fingerprint density at radius 1 is 1.50 bits per heavy atom. The topological polar surface area (TPSA) is 95.5 Å². The molecule has 0 aromatic rings. The molecule has 0 bridgehead atoms. The van der Waals surface area contributed by atoms with Gasteiger partial charge >= 0.3 is 5.97 Å². The van der Waals surface area contributed by atoms with Gasteiger partial charge in [-0.25, -0.2) is 4.79 Å². The summed E-state index contributed by atoms with van der Waals surface area (Å²) < 4.78 is 0. The van der Waals surface area contributed by atoms with Crippen LogP contribution in [0.2, 0.25) is 0 Å². The number of hydrogen-bond donors (Lipinski definition) is 3. The highest BCUT2D eigenvalue weighted by Gasteiger charge is 2.16. The van der Waals surface area contributed by atoms with E-state index in [1.54, 1.807) is 0 Å². The van der Waals surface area contributed by atoms with E-state index in [1.807, 2.05) is 6.92 Å². The molecule has 0 saturated heterocycles. The molecule has 0 aromatic heterocycles. The Balaban J connectivity index is 3.72. The second kappa shape index (κ2) is 9.02. The molecule has 3 N–H and O–H groups in total. The van der Waals surface area contributed by atoms with Crippen LogP contribution in [-0.4, -0.2) is 47.5 Å². The molecule has 2 amide bonds. The Morgan fingerprint density at radius 3 is 2.69 bits per heavy atom. The van der Waals surface area contributed by atoms with Crippen molar-refractivity contribution in [1.82, 2.24) is 10.6 Å². The minimum absolute atomic E-state index is 0.123. The summed E-state index contributed by atoms with van der Waals surface area (Å²) in [5.41, 5.74) is 0. The summed E-state index contributed by atoms with van der Waals surface area (Å²) >= 11 is 1.17. The molecule has 0 saturated carbocycles. The third-order valence-corrected chi connectivity index (χ3v) is 2.69. The predicted octanol–water partition coefficient (Wildman–Crippen LogP) is -0.555. The number of carboxylic acid groups (broad SMARTS) is 1. The molecular weight excluding hydrogens is 232 g/mol. The van der Waals surface area contributed by atoms with Gasteiger partial charge in [-0.1, -0.05) is 6.92 Å². The quantitative estimate of drug-likeness (QED) is 0.476. The second-order valence-electron chi connectivity index (χ2n) is 3.04. The van der Waals surface area contributed by atoms with Crippen LogP contribution in [0, 0.1) is 0 Å². The summed E-state index contributed by atoms with van der Waals surface area (Å²) in [7, 11) is 0. The van der Waals surface area contributed by atoms with Gasteiger partial charge in [0.1, 0.15) is 6.04 Å². The van der Waals surface area contributed by atoms with Gasteiger partial charge in [0.2, 0.25) is 12.3 Å². The minimum Gasteiger partial charge on any atom is -0.480 e. The van der Waals surface area contributed by atoms with Crippen LogP contribution in [0.25, 0.3) is 0 Å². The smallest absolute Gasteiger partial charge is 0.327 e. The fraction of sp³-hybridized carbons (Fsp3) is 0.667. The first-order chi connectivity index (χ1) is 7.61. The van der Waals surface area contributed by atoms with E-state index in [4.69, 9.17) is 5.11 Å². The number of amides is 2. The van der Waals surface area contributed by atoms with Crippen molar-refractivity contribution in [1.29, 1.82) is 0 Å². The second-order valence-corrected chi connectivity index (χ2v) is 4.07. The summed E-state index contributed by atoms with van der Waals surface area (Å²) in [6.07, 6.45) is 1.21. The van der Waals surface area contributed by atoms with E-state index < -0.39 is 12.0 Å². The van der Waals surface area contributed by atoms with E-state index in [0.29, 0.717) is 13.0 Å². The molecule has 1 unspecified atom stereocenters. The van der Waals surface area contributed by atoms with Gasteiger partial charge in [-0.05, 0) is 6.42 Å². The molecule has 16 heavy (non-hydrogen) atoms. The van der Waals surface area contributed by atoms with Crippen molar-refractivity contribution >= 4 is 30.0 Å². The lowest BCUT2D eigenvalue weighted by Crippen LogP contribution is -2.38. The normalized spacial score (nSPS) is 11.6. The van der Waals surface area contributed by atoms with E-state index in [-0.39, 0.29) is 17.4 Å². The zero-order chi connectivity index (χ0) is 12.4. The molecule has 92 valence electrons. The van der Waals surface area contributed by atoms with Crippen LogP contribution in [0.3, 0.4) is 0 Å². The van der Waals surface area contributed by atoms with E-state index in [1.165, 1.54) is 11.8 Å². The van der Waals surface area contributed by atoms with E-state index in [9.17, 15) is 14.4 Å². The SMILES string of the molecule is CCCNC(=O)CSCC(NC=O)C(=O)O. The molecule has 0 heterocycles. The monoisotopic (exact) mass is 248 g/mol. The molecule has 0 rings (SSSR count). The van der Waals surface area contributed by atoms with Crippen molar-refractivity contribution < 1.29 is 19.5 Å². The average Bonchev–Trinajstić information content (AvgIpc) is 2.25. The molecule has 6 nitrogen and oxygen atoms in total. The fourth-order valence-electron chi connectivity index (χ4n) is 0.858. The number of nitrogens with one attached hydrogen (secondary N) is 2. The lowest BCUT2D eigenvalue weighted by atomic mass is 10.3. The largest absolute Gasteiger partial charge is 0.480 e. The lowest BCUT2D eigenvalue weighted by Gasteiger charge is -2.10. The van der Waals surface area contributed by atoms with Crippen LogP contribution in [-0.2, 0) is 14.4 Å². The van der Waals surface area contributed by atoms with Gasteiger partial charge in [0, 0.05) is 12.3 Å². The van der Waals surface area contributed by atoms with Crippen LogP contribution < -0.4 is 10.6 Å². The van der Waals surface area contributed by atoms with Crippen LogP contribution in [0.15, 0.2) is 0 Å². The highest BCUT2D eigenvalue weighted by atomic mass is 32.2. The molecule has 0 aromatic carbocycles. The van der Waals surface area contributed by atoms with Crippen molar-refractivity contribution in [2.75, 3.05) is 18.1 Å². The summed E-state index contributed by atoms with van der Waals surface area (Å²) in [6, 6.07) is -0.943. The Hall–Kier alpha value is -1.24. The molecule has 7 heteroatoms. The highest BCUT2D eigenvalue weighted by Crippen LogP contribution is 2.02. The Morgan fingerprint density at radius 2 is 2.19 bits per heavy atom. The number of rotatable bonds is 9. The highest BCUT2D eigenvalue weighted by molar-refractivity contribution is 8.00. The number of thioether (sulfide) groups is 1. The number of carbonyl (C=O) groups excluding carboxylic acids is 2. The molecule has 0 aliphatic carbocycles. The fourth-order valence-corrected chi connectivity index (χ4v) is 1.74. The maximum atomic E-state index is 11.1. The van der Waals surface area contributed by atoms with Gasteiger partial charge in [-0.15, -0.1) is 11.8 Å². The third kappa shape index (κ3) is 7.10. The maximum absolute atomic E-state index is 11.1. The Labute approximate surface area is 98.2 Å². The average molecular weight is 248 g/mol. The zero-order valence-corrected chi connectivity index (χ0v) is 9.88. The molecular formula is C9H16N2O4S. The van der Waals surface area contributed by atoms with Crippen LogP contribution in [0.4, 0.5) is 0 Å². The first-order valence-corrected chi connectivity index (χ1v) is 6.04. The first-order valence-electron chi connectivity index (χ1n) is 4.88. The van der Waals surface area contributed by atoms with Crippen LogP contribution in [0.5, 0.6) is 0 Å². The Bertz CT molecular complexity index is 248. The summed E-state index contributed by atoms with van der Waals surface area (Å²) in [6.45, 7) is 2.57. The lowest BCUT2D eigenvalue weighted by molar-refractivity contribution is -0.139. The van der Waals surface area contributed by atoms with Gasteiger partial charge < -0.3 is 15.7 Å². The van der Waals surface area contributed by atoms with Gasteiger partial charge in [0.05, 0.1) is 5.75 Å². The van der Waals surface area contributed by atoms with Crippen LogP contribution >= 0.6 is 11.8 Å². The van der Waals surface area contributed by atoms with Crippen molar-refractivity contribution in [3.63, 3.8) is 0 Å². The van der Waals surface area contributed by atoms with E-state index in [2.05, 4.69) is 10.6 Å². The van der Waals surface area contributed by atoms with Gasteiger partial charge in [-0.3, -0.25) is 9.59 Å². The van der Waals surface area contributed by atoms with E-state index in [0.717, 1.165) is 6.42 Å². The minimum atomic E-state index is -1.10. The molecule has 0 aliphatic heterocycles. The standard InChI is InChI=1S/C9H16N2O4S/c1-2-3-10-8(13)5-16-4-7(9(14)15)11-6-12/h6-7H,2-5H2,1H3,(H,10,13)(H,11,12)(H,14,15). The van der Waals surface area contributed by atoms with Crippen molar-refractivity contribution in [2.45, 2.75) is 19.4 Å². The summed E-state index contributed by atoms with van der Waals surface area (Å²) in [5.74, 6) is -0.853.